The Labute approximate surface area is 236 Å². The Balaban J connectivity index is 1.72. The van der Waals surface area contributed by atoms with Gasteiger partial charge in [-0.15, -0.1) is 0 Å². The van der Waals surface area contributed by atoms with Gasteiger partial charge in [0.25, 0.3) is 5.56 Å². The number of carbonyl (C=O) groups excluding carboxylic acids is 2. The SMILES string of the molecule is COc1ccccc1NC(=O)Nc1cccc(-n2c([C@H](C)NC(=O)OC(C)(C)C)nc3cccc(Cl)c3c2=O)c1. The number of methoxy groups -OCH3 is 1. The van der Waals surface area contributed by atoms with Crippen LogP contribution in [0.4, 0.5) is 21.0 Å². The molecule has 0 spiro atoms. The maximum absolute atomic E-state index is 13.8. The molecule has 3 N–H and O–H groups in total. The summed E-state index contributed by atoms with van der Waals surface area (Å²) >= 11 is 6.39. The number of nitrogens with one attached hydrogen (secondary N) is 3. The van der Waals surface area contributed by atoms with E-state index in [1.807, 2.05) is 0 Å². The van der Waals surface area contributed by atoms with E-state index in [4.69, 9.17) is 21.1 Å². The summed E-state index contributed by atoms with van der Waals surface area (Å²) in [6.45, 7) is 6.96. The number of ether oxygens (including phenoxy) is 2. The molecule has 0 aliphatic carbocycles. The Morgan fingerprint density at radius 2 is 1.73 bits per heavy atom. The van der Waals surface area contributed by atoms with Crippen LogP contribution in [-0.4, -0.2) is 34.4 Å². The average Bonchev–Trinajstić information content (AvgIpc) is 2.87. The standard InChI is InChI=1S/C29H30ClN5O5/c1-17(31-28(38)40-29(2,3)4)25-33-22-14-9-12-20(30)24(22)26(36)35(25)19-11-8-10-18(16-19)32-27(37)34-21-13-6-7-15-23(21)39-5/h6-17H,1-5H3,(H,31,38)(H2,32,34,37)/t17-/m0/s1. The number of carbonyl (C=O) groups is 2. The second kappa shape index (κ2) is 11.7. The molecule has 11 heteroatoms. The smallest absolute Gasteiger partial charge is 0.408 e. The summed E-state index contributed by atoms with van der Waals surface area (Å²) in [6.07, 6.45) is -0.657. The lowest BCUT2D eigenvalue weighted by atomic mass is 10.2. The van der Waals surface area contributed by atoms with Gasteiger partial charge < -0.3 is 25.4 Å². The summed E-state index contributed by atoms with van der Waals surface area (Å²) in [4.78, 5) is 43.8. The van der Waals surface area contributed by atoms with Crippen LogP contribution < -0.4 is 26.2 Å². The van der Waals surface area contributed by atoms with Crippen LogP contribution in [0.15, 0.2) is 71.5 Å². The van der Waals surface area contributed by atoms with Gasteiger partial charge in [0, 0.05) is 5.69 Å². The first-order chi connectivity index (χ1) is 19.0. The Hall–Kier alpha value is -4.57. The van der Waals surface area contributed by atoms with Crippen molar-refractivity contribution in [1.29, 1.82) is 0 Å². The Kier molecular flexibility index (Phi) is 8.29. The first kappa shape index (κ1) is 28.4. The summed E-state index contributed by atoms with van der Waals surface area (Å²) in [5.74, 6) is 0.759. The molecule has 40 heavy (non-hydrogen) atoms. The Bertz CT molecular complexity index is 1630. The van der Waals surface area contributed by atoms with Crippen LogP contribution >= 0.6 is 11.6 Å². The summed E-state index contributed by atoms with van der Waals surface area (Å²) in [7, 11) is 1.51. The number of para-hydroxylation sites is 2. The van der Waals surface area contributed by atoms with Crippen LogP contribution in [0.5, 0.6) is 5.75 Å². The van der Waals surface area contributed by atoms with Crippen LogP contribution in [0, 0.1) is 0 Å². The number of alkyl carbamates (subject to hydrolysis) is 1. The molecule has 0 unspecified atom stereocenters. The highest BCUT2D eigenvalue weighted by molar-refractivity contribution is 6.35. The zero-order valence-electron chi connectivity index (χ0n) is 22.7. The fourth-order valence-corrected chi connectivity index (χ4v) is 4.30. The number of benzene rings is 3. The van der Waals surface area contributed by atoms with Crippen molar-refractivity contribution in [1.82, 2.24) is 14.9 Å². The van der Waals surface area contributed by atoms with Crippen LogP contribution in [0.25, 0.3) is 16.6 Å². The van der Waals surface area contributed by atoms with Crippen molar-refractivity contribution < 1.29 is 19.1 Å². The highest BCUT2D eigenvalue weighted by atomic mass is 35.5. The third-order valence-corrected chi connectivity index (χ3v) is 6.03. The van der Waals surface area contributed by atoms with E-state index >= 15 is 0 Å². The lowest BCUT2D eigenvalue weighted by molar-refractivity contribution is 0.0505. The molecule has 10 nitrogen and oxygen atoms in total. The lowest BCUT2D eigenvalue weighted by Crippen LogP contribution is -2.37. The first-order valence-electron chi connectivity index (χ1n) is 12.5. The van der Waals surface area contributed by atoms with Gasteiger partial charge in [-0.1, -0.05) is 35.9 Å². The fourth-order valence-electron chi connectivity index (χ4n) is 4.05. The molecule has 3 aromatic carbocycles. The summed E-state index contributed by atoms with van der Waals surface area (Å²) in [6, 6.07) is 17.4. The molecule has 0 aliphatic rings. The molecule has 4 rings (SSSR count). The van der Waals surface area contributed by atoms with Crippen molar-refractivity contribution in [2.24, 2.45) is 0 Å². The van der Waals surface area contributed by atoms with Crippen molar-refractivity contribution in [3.05, 3.63) is 87.9 Å². The van der Waals surface area contributed by atoms with Gasteiger partial charge in [0.1, 0.15) is 17.2 Å². The van der Waals surface area contributed by atoms with Crippen molar-refractivity contribution in [3.63, 3.8) is 0 Å². The lowest BCUT2D eigenvalue weighted by Gasteiger charge is -2.23. The number of hydrogen-bond acceptors (Lipinski definition) is 6. The topological polar surface area (TPSA) is 124 Å². The van der Waals surface area contributed by atoms with E-state index in [0.717, 1.165) is 0 Å². The molecular formula is C29H30ClN5O5. The normalized spacial score (nSPS) is 11.9. The van der Waals surface area contributed by atoms with Crippen LogP contribution in [0.2, 0.25) is 5.02 Å². The number of urea groups is 1. The minimum atomic E-state index is -0.726. The van der Waals surface area contributed by atoms with E-state index in [2.05, 4.69) is 20.9 Å². The van der Waals surface area contributed by atoms with Crippen LogP contribution in [-0.2, 0) is 4.74 Å². The molecular weight excluding hydrogens is 534 g/mol. The van der Waals surface area contributed by atoms with Crippen LogP contribution in [0.1, 0.15) is 39.6 Å². The van der Waals surface area contributed by atoms with E-state index in [0.29, 0.717) is 28.3 Å². The number of rotatable bonds is 6. The van der Waals surface area contributed by atoms with Crippen molar-refractivity contribution >= 4 is 46.0 Å². The predicted octanol–water partition coefficient (Wildman–Crippen LogP) is 6.28. The molecule has 1 heterocycles. The Morgan fingerprint density at radius 3 is 2.45 bits per heavy atom. The minimum Gasteiger partial charge on any atom is -0.495 e. The summed E-state index contributed by atoms with van der Waals surface area (Å²) in [5, 5.41) is 8.73. The second-order valence-corrected chi connectivity index (χ2v) is 10.3. The molecule has 1 aromatic heterocycles. The largest absolute Gasteiger partial charge is 0.495 e. The second-order valence-electron chi connectivity index (χ2n) is 9.94. The molecule has 0 fully saturated rings. The van der Waals surface area contributed by atoms with E-state index < -0.39 is 29.3 Å². The van der Waals surface area contributed by atoms with Gasteiger partial charge in [0.05, 0.1) is 40.5 Å². The average molecular weight is 564 g/mol. The monoisotopic (exact) mass is 563 g/mol. The number of fused-ring (bicyclic) bond motifs is 1. The zero-order chi connectivity index (χ0) is 29.0. The highest BCUT2D eigenvalue weighted by Crippen LogP contribution is 2.26. The van der Waals surface area contributed by atoms with E-state index in [1.165, 1.54) is 11.7 Å². The van der Waals surface area contributed by atoms with Gasteiger partial charge >= 0.3 is 12.1 Å². The molecule has 4 aromatic rings. The molecule has 0 saturated heterocycles. The van der Waals surface area contributed by atoms with Gasteiger partial charge in [-0.05, 0) is 70.2 Å². The van der Waals surface area contributed by atoms with Gasteiger partial charge in [0.2, 0.25) is 0 Å². The quantitative estimate of drug-likeness (QED) is 0.254. The molecule has 0 radical (unpaired) electrons. The first-order valence-corrected chi connectivity index (χ1v) is 12.9. The van der Waals surface area contributed by atoms with E-state index in [1.54, 1.807) is 94.4 Å². The third-order valence-electron chi connectivity index (χ3n) is 5.71. The van der Waals surface area contributed by atoms with Gasteiger partial charge in [-0.25, -0.2) is 14.6 Å². The van der Waals surface area contributed by atoms with Crippen molar-refractivity contribution in [3.8, 4) is 11.4 Å². The number of hydrogen-bond donors (Lipinski definition) is 3. The van der Waals surface area contributed by atoms with Gasteiger partial charge in [-0.2, -0.15) is 0 Å². The molecule has 0 saturated carbocycles. The van der Waals surface area contributed by atoms with Crippen LogP contribution in [0.3, 0.4) is 0 Å². The minimum absolute atomic E-state index is 0.227. The Morgan fingerprint density at radius 1 is 1.00 bits per heavy atom. The zero-order valence-corrected chi connectivity index (χ0v) is 23.5. The molecule has 208 valence electrons. The summed E-state index contributed by atoms with van der Waals surface area (Å²) < 4.78 is 12.0. The number of aromatic nitrogens is 2. The molecule has 3 amide bonds. The van der Waals surface area contributed by atoms with Crippen molar-refractivity contribution in [2.45, 2.75) is 39.3 Å². The van der Waals surface area contributed by atoms with E-state index in [9.17, 15) is 14.4 Å². The van der Waals surface area contributed by atoms with E-state index in [-0.39, 0.29) is 16.2 Å². The number of halogens is 1. The third kappa shape index (κ3) is 6.52. The number of amides is 3. The predicted molar refractivity (Wildman–Crippen MR) is 156 cm³/mol. The summed E-state index contributed by atoms with van der Waals surface area (Å²) in [5.41, 5.74) is 0.550. The maximum Gasteiger partial charge on any atom is 0.408 e. The fraction of sp³-hybridized carbons (Fsp3) is 0.241. The molecule has 0 aliphatic heterocycles. The number of nitrogens with zero attached hydrogens (tertiary/aromatic N) is 2. The maximum atomic E-state index is 13.8. The van der Waals surface area contributed by atoms with Gasteiger partial charge in [0.15, 0.2) is 0 Å². The van der Waals surface area contributed by atoms with Crippen molar-refractivity contribution in [2.75, 3.05) is 17.7 Å². The molecule has 0 bridgehead atoms. The van der Waals surface area contributed by atoms with Gasteiger partial charge in [-0.3, -0.25) is 9.36 Å². The molecule has 1 atom stereocenters. The highest BCUT2D eigenvalue weighted by Gasteiger charge is 2.23. The number of anilines is 2.